The first-order chi connectivity index (χ1) is 12.0. The number of aromatic nitrogens is 2. The number of nitrogens with zero attached hydrogens (tertiary/aromatic N) is 1. The molecule has 2 heterocycles. The molecule has 1 aliphatic heterocycles. The molecule has 1 unspecified atom stereocenters. The number of rotatable bonds is 3. The maximum atomic E-state index is 13.0. The first kappa shape index (κ1) is 16.1. The summed E-state index contributed by atoms with van der Waals surface area (Å²) in [7, 11) is -3.67. The molecule has 1 atom stereocenters. The van der Waals surface area contributed by atoms with Gasteiger partial charge in [0.25, 0.3) is 0 Å². The summed E-state index contributed by atoms with van der Waals surface area (Å²) in [6.45, 7) is 0.892. The number of sulfonamides is 1. The normalized spacial score (nSPS) is 19.3. The zero-order valence-electron chi connectivity index (χ0n) is 13.3. The van der Waals surface area contributed by atoms with Crippen LogP contribution in [-0.4, -0.2) is 42.4 Å². The van der Waals surface area contributed by atoms with Gasteiger partial charge in [0.1, 0.15) is 0 Å². The van der Waals surface area contributed by atoms with Gasteiger partial charge in [0.15, 0.2) is 0 Å². The van der Waals surface area contributed by atoms with Crippen molar-refractivity contribution in [3.05, 3.63) is 64.6 Å². The zero-order chi connectivity index (χ0) is 17.4. The van der Waals surface area contributed by atoms with E-state index in [0.29, 0.717) is 24.2 Å². The Morgan fingerprint density at radius 1 is 1.04 bits per heavy atom. The van der Waals surface area contributed by atoms with Gasteiger partial charge in [0, 0.05) is 13.1 Å². The molecule has 0 saturated carbocycles. The summed E-state index contributed by atoms with van der Waals surface area (Å²) in [5.41, 5.74) is 1.64. The Bertz CT molecular complexity index is 1060. The lowest BCUT2D eigenvalue weighted by Crippen LogP contribution is -2.42. The number of fused-ring (bicyclic) bond motifs is 1. The Hall–Kier alpha value is -2.42. The fourth-order valence-corrected chi connectivity index (χ4v) is 4.49. The minimum atomic E-state index is -3.67. The van der Waals surface area contributed by atoms with Crippen LogP contribution in [0.25, 0.3) is 11.0 Å². The van der Waals surface area contributed by atoms with Gasteiger partial charge in [-0.3, -0.25) is 0 Å². The maximum absolute atomic E-state index is 13.0. The van der Waals surface area contributed by atoms with Crippen molar-refractivity contribution < 1.29 is 13.2 Å². The molecular weight excluding hydrogens is 342 g/mol. The highest BCUT2D eigenvalue weighted by molar-refractivity contribution is 7.89. The molecule has 130 valence electrons. The Morgan fingerprint density at radius 3 is 2.60 bits per heavy atom. The van der Waals surface area contributed by atoms with Crippen molar-refractivity contribution in [3.8, 4) is 0 Å². The van der Waals surface area contributed by atoms with E-state index in [2.05, 4.69) is 9.97 Å². The molecule has 0 bridgehead atoms. The topological polar surface area (TPSA) is 95.3 Å². The third kappa shape index (κ3) is 2.99. The minimum absolute atomic E-state index is 0.156. The van der Waals surface area contributed by atoms with Crippen LogP contribution in [0.4, 0.5) is 0 Å². The molecule has 8 heteroatoms. The third-order valence-electron chi connectivity index (χ3n) is 4.33. The molecule has 1 aromatic heterocycles. The molecule has 0 aliphatic carbocycles. The van der Waals surface area contributed by atoms with Crippen LogP contribution in [0.15, 0.2) is 58.2 Å². The number of hydrogen-bond acceptors (Lipinski definition) is 4. The van der Waals surface area contributed by atoms with Crippen LogP contribution in [0.5, 0.6) is 0 Å². The second kappa shape index (κ2) is 6.14. The van der Waals surface area contributed by atoms with Gasteiger partial charge in [-0.25, -0.2) is 13.2 Å². The molecule has 0 radical (unpaired) electrons. The number of imidazole rings is 1. The van der Waals surface area contributed by atoms with Crippen LogP contribution in [0.1, 0.15) is 11.7 Å². The molecular formula is C17H17N3O4S. The van der Waals surface area contributed by atoms with Crippen LogP contribution in [0, 0.1) is 0 Å². The summed E-state index contributed by atoms with van der Waals surface area (Å²) in [5, 5.41) is 0. The molecule has 1 fully saturated rings. The average Bonchev–Trinajstić information content (AvgIpc) is 3.02. The first-order valence-electron chi connectivity index (χ1n) is 7.93. The van der Waals surface area contributed by atoms with Crippen molar-refractivity contribution in [1.29, 1.82) is 0 Å². The predicted octanol–water partition coefficient (Wildman–Crippen LogP) is 1.62. The SMILES string of the molecule is O=c1[nH]c2ccc(S(=O)(=O)N3CCOC(c4ccccc4)C3)cc2[nH]1. The summed E-state index contributed by atoms with van der Waals surface area (Å²) >= 11 is 0. The molecule has 2 N–H and O–H groups in total. The van der Waals surface area contributed by atoms with Gasteiger partial charge < -0.3 is 14.7 Å². The number of ether oxygens (including phenoxy) is 1. The minimum Gasteiger partial charge on any atom is -0.371 e. The highest BCUT2D eigenvalue weighted by Gasteiger charge is 2.31. The van der Waals surface area contributed by atoms with E-state index in [9.17, 15) is 13.2 Å². The van der Waals surface area contributed by atoms with Crippen LogP contribution >= 0.6 is 0 Å². The van der Waals surface area contributed by atoms with Crippen molar-refractivity contribution >= 4 is 21.1 Å². The molecule has 1 aliphatic rings. The number of nitrogens with one attached hydrogen (secondary N) is 2. The van der Waals surface area contributed by atoms with Gasteiger partial charge in [-0.05, 0) is 23.8 Å². The van der Waals surface area contributed by atoms with Crippen LogP contribution in [0.2, 0.25) is 0 Å². The summed E-state index contributed by atoms with van der Waals surface area (Å²) < 4.78 is 33.1. The fourth-order valence-electron chi connectivity index (χ4n) is 3.03. The molecule has 2 aromatic carbocycles. The van der Waals surface area contributed by atoms with Gasteiger partial charge in [0.2, 0.25) is 10.0 Å². The van der Waals surface area contributed by atoms with Crippen molar-refractivity contribution in [2.75, 3.05) is 19.7 Å². The van der Waals surface area contributed by atoms with Gasteiger partial charge in [-0.15, -0.1) is 0 Å². The standard InChI is InChI=1S/C17H17N3O4S/c21-17-18-14-7-6-13(10-15(14)19-17)25(22,23)20-8-9-24-16(11-20)12-4-2-1-3-5-12/h1-7,10,16H,8-9,11H2,(H2,18,19,21). The highest BCUT2D eigenvalue weighted by Crippen LogP contribution is 2.27. The lowest BCUT2D eigenvalue weighted by Gasteiger charge is -2.32. The van der Waals surface area contributed by atoms with Crippen LogP contribution in [-0.2, 0) is 14.8 Å². The van der Waals surface area contributed by atoms with E-state index < -0.39 is 10.0 Å². The largest absolute Gasteiger partial charge is 0.371 e. The molecule has 0 spiro atoms. The van der Waals surface area contributed by atoms with E-state index >= 15 is 0 Å². The van der Waals surface area contributed by atoms with E-state index in [-0.39, 0.29) is 23.2 Å². The lowest BCUT2D eigenvalue weighted by molar-refractivity contribution is -0.00255. The Kier molecular flexibility index (Phi) is 3.95. The summed E-state index contributed by atoms with van der Waals surface area (Å²) in [5.74, 6) is 0. The Labute approximate surface area is 144 Å². The van der Waals surface area contributed by atoms with Gasteiger partial charge in [-0.2, -0.15) is 4.31 Å². The smallest absolute Gasteiger partial charge is 0.323 e. The highest BCUT2D eigenvalue weighted by atomic mass is 32.2. The number of H-pyrrole nitrogens is 2. The van der Waals surface area contributed by atoms with E-state index in [4.69, 9.17) is 4.74 Å². The molecule has 4 rings (SSSR count). The van der Waals surface area contributed by atoms with E-state index in [1.54, 1.807) is 6.07 Å². The van der Waals surface area contributed by atoms with Gasteiger partial charge >= 0.3 is 5.69 Å². The second-order valence-electron chi connectivity index (χ2n) is 5.92. The quantitative estimate of drug-likeness (QED) is 0.743. The first-order valence-corrected chi connectivity index (χ1v) is 9.37. The monoisotopic (exact) mass is 359 g/mol. The third-order valence-corrected chi connectivity index (χ3v) is 6.19. The van der Waals surface area contributed by atoms with Crippen molar-refractivity contribution in [2.45, 2.75) is 11.0 Å². The molecule has 7 nitrogen and oxygen atoms in total. The van der Waals surface area contributed by atoms with Gasteiger partial charge in [-0.1, -0.05) is 30.3 Å². The molecule has 3 aromatic rings. The van der Waals surface area contributed by atoms with E-state index in [1.807, 2.05) is 30.3 Å². The zero-order valence-corrected chi connectivity index (χ0v) is 14.1. The Morgan fingerprint density at radius 2 is 1.80 bits per heavy atom. The summed E-state index contributed by atoms with van der Waals surface area (Å²) in [6.07, 6.45) is -0.291. The fraction of sp³-hybridized carbons (Fsp3) is 0.235. The second-order valence-corrected chi connectivity index (χ2v) is 7.86. The molecule has 1 saturated heterocycles. The van der Waals surface area contributed by atoms with Crippen molar-refractivity contribution in [1.82, 2.24) is 14.3 Å². The van der Waals surface area contributed by atoms with Crippen LogP contribution in [0.3, 0.4) is 0 Å². The van der Waals surface area contributed by atoms with E-state index in [0.717, 1.165) is 5.56 Å². The summed E-state index contributed by atoms with van der Waals surface area (Å²) in [6, 6.07) is 14.2. The number of benzene rings is 2. The molecule has 0 amide bonds. The lowest BCUT2D eigenvalue weighted by atomic mass is 10.1. The van der Waals surface area contributed by atoms with Crippen LogP contribution < -0.4 is 5.69 Å². The number of hydrogen-bond donors (Lipinski definition) is 2. The number of morpholine rings is 1. The van der Waals surface area contributed by atoms with E-state index in [1.165, 1.54) is 16.4 Å². The molecule has 25 heavy (non-hydrogen) atoms. The Balaban J connectivity index is 1.65. The van der Waals surface area contributed by atoms with Gasteiger partial charge in [0.05, 0.1) is 28.6 Å². The van der Waals surface area contributed by atoms with Crippen molar-refractivity contribution in [3.63, 3.8) is 0 Å². The van der Waals surface area contributed by atoms with Crippen molar-refractivity contribution in [2.24, 2.45) is 0 Å². The summed E-state index contributed by atoms with van der Waals surface area (Å²) in [4.78, 5) is 16.7. The predicted molar refractivity (Wildman–Crippen MR) is 92.8 cm³/mol. The number of aromatic amines is 2. The maximum Gasteiger partial charge on any atom is 0.323 e. The average molecular weight is 359 g/mol.